The summed E-state index contributed by atoms with van der Waals surface area (Å²) in [5, 5.41) is 19.5. The van der Waals surface area contributed by atoms with Crippen LogP contribution in [-0.2, 0) is 11.3 Å². The van der Waals surface area contributed by atoms with Gasteiger partial charge in [-0.3, -0.25) is 0 Å². The topological polar surface area (TPSA) is 90.1 Å². The van der Waals surface area contributed by atoms with Gasteiger partial charge in [0, 0.05) is 13.2 Å². The predicted octanol–water partition coefficient (Wildman–Crippen LogP) is 0.402. The van der Waals surface area contributed by atoms with Gasteiger partial charge >= 0.3 is 5.97 Å². The molecule has 1 aromatic heterocycles. The van der Waals surface area contributed by atoms with Crippen LogP contribution in [0.5, 0.6) is 0 Å². The van der Waals surface area contributed by atoms with Crippen LogP contribution in [0.15, 0.2) is 0 Å². The maximum absolute atomic E-state index is 11.4. The van der Waals surface area contributed by atoms with E-state index >= 15 is 0 Å². The molecule has 0 amide bonds. The Hall–Kier alpha value is -1.50. The summed E-state index contributed by atoms with van der Waals surface area (Å²) in [6, 6.07) is 0. The van der Waals surface area contributed by atoms with E-state index in [2.05, 4.69) is 15.5 Å². The highest BCUT2D eigenvalue weighted by Gasteiger charge is 2.15. The van der Waals surface area contributed by atoms with Crippen molar-refractivity contribution in [2.24, 2.45) is 0 Å². The van der Waals surface area contributed by atoms with Crippen molar-refractivity contribution in [2.45, 2.75) is 39.2 Å². The van der Waals surface area contributed by atoms with Crippen LogP contribution in [-0.4, -0.2) is 44.5 Å². The molecule has 0 spiro atoms. The normalized spacial score (nSPS) is 10.5. The Bertz CT molecular complexity index is 340. The van der Waals surface area contributed by atoms with Crippen LogP contribution in [0.25, 0.3) is 0 Å². The monoisotopic (exact) mass is 242 g/mol. The van der Waals surface area contributed by atoms with Crippen molar-refractivity contribution >= 4 is 5.97 Å². The zero-order chi connectivity index (χ0) is 12.5. The third kappa shape index (κ3) is 4.48. The maximum Gasteiger partial charge on any atom is 0.378 e. The van der Waals surface area contributed by atoms with E-state index in [1.54, 1.807) is 6.92 Å². The summed E-state index contributed by atoms with van der Waals surface area (Å²) in [5.74, 6) is -0.345. The van der Waals surface area contributed by atoms with E-state index in [9.17, 15) is 4.79 Å². The number of rotatable bonds is 8. The number of unbranched alkanes of at least 4 members (excludes halogenated alkanes) is 3. The Balaban J connectivity index is 2.38. The number of aromatic nitrogens is 4. The summed E-state index contributed by atoms with van der Waals surface area (Å²) in [4.78, 5) is 11.4. The minimum atomic E-state index is -0.493. The minimum Gasteiger partial charge on any atom is -0.460 e. The van der Waals surface area contributed by atoms with Crippen LogP contribution in [0.1, 0.15) is 43.2 Å². The van der Waals surface area contributed by atoms with Crippen molar-refractivity contribution in [1.29, 1.82) is 0 Å². The first kappa shape index (κ1) is 13.6. The fourth-order valence-electron chi connectivity index (χ4n) is 1.42. The van der Waals surface area contributed by atoms with Crippen LogP contribution in [0.4, 0.5) is 0 Å². The van der Waals surface area contributed by atoms with Crippen LogP contribution in [0.3, 0.4) is 0 Å². The summed E-state index contributed by atoms with van der Waals surface area (Å²) >= 11 is 0. The third-order valence-electron chi connectivity index (χ3n) is 2.27. The van der Waals surface area contributed by atoms with Gasteiger partial charge in [-0.25, -0.2) is 9.48 Å². The number of hydrogen-bond acceptors (Lipinski definition) is 6. The number of aliphatic hydroxyl groups is 1. The van der Waals surface area contributed by atoms with E-state index in [-0.39, 0.29) is 12.4 Å². The average molecular weight is 242 g/mol. The molecule has 0 aromatic carbocycles. The number of carbonyl (C=O) groups excluding carboxylic acids is 1. The standard InChI is InChI=1S/C10H18N4O3/c1-2-17-10(16)9-11-12-13-14(9)7-5-3-4-6-8-15/h15H,2-8H2,1H3. The first-order chi connectivity index (χ1) is 8.29. The summed E-state index contributed by atoms with van der Waals surface area (Å²) in [7, 11) is 0. The molecule has 7 heteroatoms. The van der Waals surface area contributed by atoms with Crippen molar-refractivity contribution in [2.75, 3.05) is 13.2 Å². The summed E-state index contributed by atoms with van der Waals surface area (Å²) in [6.45, 7) is 2.86. The number of aryl methyl sites for hydroxylation is 1. The lowest BCUT2D eigenvalue weighted by atomic mass is 10.2. The largest absolute Gasteiger partial charge is 0.460 e. The molecule has 1 heterocycles. The van der Waals surface area contributed by atoms with Gasteiger partial charge in [0.2, 0.25) is 0 Å². The molecule has 0 atom stereocenters. The van der Waals surface area contributed by atoms with E-state index < -0.39 is 5.97 Å². The van der Waals surface area contributed by atoms with E-state index in [4.69, 9.17) is 9.84 Å². The first-order valence-electron chi connectivity index (χ1n) is 5.83. The molecular weight excluding hydrogens is 224 g/mol. The zero-order valence-electron chi connectivity index (χ0n) is 10.0. The quantitative estimate of drug-likeness (QED) is 0.524. The molecule has 0 saturated heterocycles. The lowest BCUT2D eigenvalue weighted by Crippen LogP contribution is -2.14. The summed E-state index contributed by atoms with van der Waals surface area (Å²) in [5.41, 5.74) is 0. The van der Waals surface area contributed by atoms with Crippen molar-refractivity contribution < 1.29 is 14.6 Å². The first-order valence-corrected chi connectivity index (χ1v) is 5.83. The summed E-state index contributed by atoms with van der Waals surface area (Å²) in [6.07, 6.45) is 3.62. The Morgan fingerprint density at radius 3 is 2.82 bits per heavy atom. The fraction of sp³-hybridized carbons (Fsp3) is 0.800. The molecule has 96 valence electrons. The molecule has 0 radical (unpaired) electrons. The minimum absolute atomic E-state index is 0.147. The van der Waals surface area contributed by atoms with Crippen molar-refractivity contribution in [1.82, 2.24) is 20.2 Å². The zero-order valence-corrected chi connectivity index (χ0v) is 10.0. The van der Waals surface area contributed by atoms with Gasteiger partial charge in [-0.2, -0.15) is 0 Å². The molecule has 1 rings (SSSR count). The number of aliphatic hydroxyl groups excluding tert-OH is 1. The Labute approximate surface area is 99.8 Å². The second-order valence-electron chi connectivity index (χ2n) is 3.58. The van der Waals surface area contributed by atoms with Gasteiger partial charge in [-0.05, 0) is 30.2 Å². The lowest BCUT2D eigenvalue weighted by molar-refractivity contribution is 0.0504. The van der Waals surface area contributed by atoms with Gasteiger partial charge in [0.05, 0.1) is 6.61 Å². The highest BCUT2D eigenvalue weighted by atomic mass is 16.5. The number of tetrazole rings is 1. The molecule has 17 heavy (non-hydrogen) atoms. The molecule has 1 aromatic rings. The molecule has 0 saturated carbocycles. The second kappa shape index (κ2) is 7.72. The molecule has 0 bridgehead atoms. The van der Waals surface area contributed by atoms with E-state index in [0.717, 1.165) is 25.7 Å². The van der Waals surface area contributed by atoms with Crippen LogP contribution in [0.2, 0.25) is 0 Å². The number of esters is 1. The van der Waals surface area contributed by atoms with Crippen molar-refractivity contribution in [3.8, 4) is 0 Å². The van der Waals surface area contributed by atoms with E-state index in [0.29, 0.717) is 13.2 Å². The summed E-state index contributed by atoms with van der Waals surface area (Å²) < 4.78 is 6.29. The molecule has 7 nitrogen and oxygen atoms in total. The molecule has 0 unspecified atom stereocenters. The molecule has 0 fully saturated rings. The highest BCUT2D eigenvalue weighted by molar-refractivity contribution is 5.85. The van der Waals surface area contributed by atoms with Crippen molar-refractivity contribution in [3.05, 3.63) is 5.82 Å². The van der Waals surface area contributed by atoms with Gasteiger partial charge < -0.3 is 9.84 Å². The number of nitrogens with zero attached hydrogens (tertiary/aromatic N) is 4. The smallest absolute Gasteiger partial charge is 0.378 e. The van der Waals surface area contributed by atoms with Gasteiger partial charge in [-0.1, -0.05) is 12.8 Å². The Morgan fingerprint density at radius 1 is 1.35 bits per heavy atom. The number of hydrogen-bond donors (Lipinski definition) is 1. The SMILES string of the molecule is CCOC(=O)c1nnnn1CCCCCCO. The Morgan fingerprint density at radius 2 is 2.12 bits per heavy atom. The number of carbonyl (C=O) groups is 1. The molecule has 0 aliphatic heterocycles. The highest BCUT2D eigenvalue weighted by Crippen LogP contribution is 2.03. The lowest BCUT2D eigenvalue weighted by Gasteiger charge is -2.03. The van der Waals surface area contributed by atoms with Crippen LogP contribution < -0.4 is 0 Å². The molecular formula is C10H18N4O3. The predicted molar refractivity (Wildman–Crippen MR) is 59.3 cm³/mol. The average Bonchev–Trinajstić information content (AvgIpc) is 2.77. The molecule has 0 aliphatic rings. The van der Waals surface area contributed by atoms with Crippen LogP contribution >= 0.6 is 0 Å². The Kier molecular flexibility index (Phi) is 6.16. The van der Waals surface area contributed by atoms with Gasteiger partial charge in [0.1, 0.15) is 0 Å². The molecule has 0 aliphatic carbocycles. The van der Waals surface area contributed by atoms with Gasteiger partial charge in [0.25, 0.3) is 5.82 Å². The van der Waals surface area contributed by atoms with Crippen molar-refractivity contribution in [3.63, 3.8) is 0 Å². The van der Waals surface area contributed by atoms with E-state index in [1.807, 2.05) is 0 Å². The fourth-order valence-corrected chi connectivity index (χ4v) is 1.42. The van der Waals surface area contributed by atoms with E-state index in [1.165, 1.54) is 4.68 Å². The van der Waals surface area contributed by atoms with Gasteiger partial charge in [0.15, 0.2) is 0 Å². The van der Waals surface area contributed by atoms with Gasteiger partial charge in [-0.15, -0.1) is 5.10 Å². The third-order valence-corrected chi connectivity index (χ3v) is 2.27. The molecule has 1 N–H and O–H groups in total. The van der Waals surface area contributed by atoms with Crippen LogP contribution in [0, 0.1) is 0 Å². The number of ether oxygens (including phenoxy) is 1. The second-order valence-corrected chi connectivity index (χ2v) is 3.58. The maximum atomic E-state index is 11.4.